The number of amidine groups is 2. The van der Waals surface area contributed by atoms with Crippen LogP contribution in [0.2, 0.25) is 5.02 Å². The van der Waals surface area contributed by atoms with Gasteiger partial charge in [-0.25, -0.2) is 14.7 Å². The van der Waals surface area contributed by atoms with Gasteiger partial charge in [-0.1, -0.05) is 54.1 Å². The maximum Gasteiger partial charge on any atom is 0.179 e. The van der Waals surface area contributed by atoms with Crippen LogP contribution in [0.15, 0.2) is 107 Å². The molecule has 4 aromatic carbocycles. The van der Waals surface area contributed by atoms with E-state index in [2.05, 4.69) is 10.2 Å². The summed E-state index contributed by atoms with van der Waals surface area (Å²) in [6, 6.07) is 30.4. The molecule has 3 heterocycles. The van der Waals surface area contributed by atoms with E-state index >= 15 is 0 Å². The largest absolute Gasteiger partial charge is 0.508 e. The van der Waals surface area contributed by atoms with Gasteiger partial charge in [0.05, 0.1) is 40.9 Å². The van der Waals surface area contributed by atoms with Gasteiger partial charge in [0.2, 0.25) is 0 Å². The van der Waals surface area contributed by atoms with Gasteiger partial charge in [0.25, 0.3) is 0 Å². The highest BCUT2D eigenvalue weighted by Gasteiger charge is 2.41. The Kier molecular flexibility index (Phi) is 5.98. The van der Waals surface area contributed by atoms with Crippen molar-refractivity contribution in [3.05, 3.63) is 119 Å². The number of aromatic nitrogens is 2. The summed E-state index contributed by atoms with van der Waals surface area (Å²) >= 11 is 6.46. The molecule has 0 saturated carbocycles. The summed E-state index contributed by atoms with van der Waals surface area (Å²) in [5, 5.41) is 19.4. The molecule has 5 aromatic rings. The lowest BCUT2D eigenvalue weighted by Gasteiger charge is -2.40. The normalized spacial score (nSPS) is 15.3. The van der Waals surface area contributed by atoms with Crippen LogP contribution in [-0.2, 0) is 0 Å². The second kappa shape index (κ2) is 9.83. The molecule has 1 atom stereocenters. The van der Waals surface area contributed by atoms with E-state index < -0.39 is 0 Å². The molecule has 7 rings (SSSR count). The summed E-state index contributed by atoms with van der Waals surface area (Å²) in [4.78, 5) is 12.4. The number of para-hydroxylation sites is 3. The van der Waals surface area contributed by atoms with E-state index in [1.165, 1.54) is 0 Å². The Hall–Kier alpha value is -5.08. The van der Waals surface area contributed by atoms with Crippen LogP contribution in [0.3, 0.4) is 0 Å². The molecular weight excluding hydrogens is 536 g/mol. The van der Waals surface area contributed by atoms with Crippen LogP contribution in [0.1, 0.15) is 22.9 Å². The van der Waals surface area contributed by atoms with Crippen molar-refractivity contribution in [3.63, 3.8) is 0 Å². The number of ether oxygens (including phenoxy) is 1. The Labute approximate surface area is 241 Å². The van der Waals surface area contributed by atoms with Crippen molar-refractivity contribution in [1.82, 2.24) is 9.78 Å². The number of hydrogen-bond acceptors (Lipinski definition) is 7. The van der Waals surface area contributed by atoms with Crippen molar-refractivity contribution < 1.29 is 9.84 Å². The lowest BCUT2D eigenvalue weighted by atomic mass is 9.93. The zero-order valence-electron chi connectivity index (χ0n) is 22.3. The smallest absolute Gasteiger partial charge is 0.179 e. The predicted octanol–water partition coefficient (Wildman–Crippen LogP) is 7.34. The number of rotatable bonds is 4. The number of aryl methyl sites for hydroxylation is 1. The molecule has 2 aliphatic heterocycles. The van der Waals surface area contributed by atoms with Crippen molar-refractivity contribution in [2.75, 3.05) is 17.3 Å². The molecule has 0 aliphatic carbocycles. The van der Waals surface area contributed by atoms with Gasteiger partial charge >= 0.3 is 0 Å². The number of phenolic OH excluding ortho intramolecular Hbond substituents is 1. The van der Waals surface area contributed by atoms with Gasteiger partial charge in [-0.2, -0.15) is 5.10 Å². The van der Waals surface area contributed by atoms with E-state index in [1.54, 1.807) is 25.3 Å². The summed E-state index contributed by atoms with van der Waals surface area (Å²) in [6.07, 6.45) is 0. The first-order chi connectivity index (χ1) is 20.0. The average Bonchev–Trinajstić information content (AvgIpc) is 3.32. The first kappa shape index (κ1) is 24.9. The quantitative estimate of drug-likeness (QED) is 0.240. The van der Waals surface area contributed by atoms with Gasteiger partial charge < -0.3 is 20.1 Å². The Balaban J connectivity index is 1.48. The van der Waals surface area contributed by atoms with Crippen LogP contribution in [0.4, 0.5) is 22.9 Å². The van der Waals surface area contributed by atoms with E-state index in [9.17, 15) is 5.11 Å². The highest BCUT2D eigenvalue weighted by atomic mass is 35.5. The number of anilines is 2. The summed E-state index contributed by atoms with van der Waals surface area (Å²) < 4.78 is 7.21. The number of nitrogens with zero attached hydrogens (tertiary/aromatic N) is 5. The van der Waals surface area contributed by atoms with E-state index in [0.717, 1.165) is 39.6 Å². The molecular formula is C32H25ClN6O2. The molecule has 0 unspecified atom stereocenters. The zero-order chi connectivity index (χ0) is 28.1. The van der Waals surface area contributed by atoms with Crippen LogP contribution < -0.4 is 15.0 Å². The molecule has 0 radical (unpaired) electrons. The van der Waals surface area contributed by atoms with Gasteiger partial charge in [0.15, 0.2) is 17.5 Å². The number of hydrogen-bond donors (Lipinski definition) is 2. The highest BCUT2D eigenvalue weighted by Crippen LogP contribution is 2.48. The van der Waals surface area contributed by atoms with Crippen LogP contribution in [0.5, 0.6) is 11.5 Å². The number of benzene rings is 4. The average molecular weight is 561 g/mol. The van der Waals surface area contributed by atoms with Crippen LogP contribution >= 0.6 is 11.6 Å². The first-order valence-electron chi connectivity index (χ1n) is 13.1. The lowest BCUT2D eigenvalue weighted by Crippen LogP contribution is -2.46. The molecule has 0 bridgehead atoms. The predicted molar refractivity (Wildman–Crippen MR) is 163 cm³/mol. The maximum atomic E-state index is 10.5. The van der Waals surface area contributed by atoms with Crippen molar-refractivity contribution >= 4 is 46.2 Å². The lowest BCUT2D eigenvalue weighted by molar-refractivity contribution is 0.415. The summed E-state index contributed by atoms with van der Waals surface area (Å²) in [5.41, 5.74) is 6.02. The molecule has 0 fully saturated rings. The van der Waals surface area contributed by atoms with Gasteiger partial charge in [0.1, 0.15) is 11.5 Å². The Morgan fingerprint density at radius 1 is 0.902 bits per heavy atom. The van der Waals surface area contributed by atoms with Gasteiger partial charge in [0, 0.05) is 11.3 Å². The topological polar surface area (TPSA) is 87.3 Å². The van der Waals surface area contributed by atoms with E-state index in [0.29, 0.717) is 28.3 Å². The number of aliphatic imine (C=N–C) groups is 2. The number of phenols is 1. The minimum Gasteiger partial charge on any atom is -0.508 e. The van der Waals surface area contributed by atoms with Crippen LogP contribution in [0, 0.1) is 6.92 Å². The number of fused-ring (bicyclic) bond motifs is 4. The standard InChI is InChI=1S/C32H25ClN6O2/c1-19-28-29(20-9-8-12-23(40)17-20)38-26-14-7-6-13-25(26)35-30(34-21-15-16-27(41-2)24(33)18-21)32(38)36-31(28)39(37-19)22-10-4-3-5-11-22/h3-18,29,40H,1-2H3,(H,34,35)/t29-/m1/s1. The van der Waals surface area contributed by atoms with E-state index in [4.69, 9.17) is 31.4 Å². The summed E-state index contributed by atoms with van der Waals surface area (Å²) in [7, 11) is 1.59. The van der Waals surface area contributed by atoms with E-state index in [1.807, 2.05) is 90.5 Å². The zero-order valence-corrected chi connectivity index (χ0v) is 23.0. The number of halogens is 1. The van der Waals surface area contributed by atoms with Gasteiger partial charge in [-0.3, -0.25) is 0 Å². The highest BCUT2D eigenvalue weighted by molar-refractivity contribution is 6.51. The van der Waals surface area contributed by atoms with Crippen LogP contribution in [0.25, 0.3) is 5.69 Å². The molecule has 8 nitrogen and oxygen atoms in total. The molecule has 0 spiro atoms. The van der Waals surface area contributed by atoms with E-state index in [-0.39, 0.29) is 11.8 Å². The SMILES string of the molecule is COc1ccc(NC2=Nc3ccccc3N3C2=Nc2c(c(C)nn2-c2ccccc2)[C@H]3c2cccc(O)c2)cc1Cl. The Morgan fingerprint density at radius 3 is 2.49 bits per heavy atom. The molecule has 2 N–H and O–H groups in total. The molecule has 0 saturated heterocycles. The fraction of sp³-hybridized carbons (Fsp3) is 0.0938. The minimum atomic E-state index is -0.338. The second-order valence-electron chi connectivity index (χ2n) is 9.80. The van der Waals surface area contributed by atoms with Gasteiger partial charge in [-0.15, -0.1) is 0 Å². The molecule has 202 valence electrons. The third kappa shape index (κ3) is 4.20. The maximum absolute atomic E-state index is 10.5. The Bertz CT molecular complexity index is 1860. The van der Waals surface area contributed by atoms with Crippen molar-refractivity contribution in [3.8, 4) is 17.2 Å². The van der Waals surface area contributed by atoms with Crippen molar-refractivity contribution in [2.45, 2.75) is 13.0 Å². The first-order valence-corrected chi connectivity index (χ1v) is 13.5. The van der Waals surface area contributed by atoms with Gasteiger partial charge in [-0.05, 0) is 67.1 Å². The third-order valence-electron chi connectivity index (χ3n) is 7.24. The number of aromatic hydroxyl groups is 1. The molecule has 2 aliphatic rings. The molecule has 41 heavy (non-hydrogen) atoms. The Morgan fingerprint density at radius 2 is 1.71 bits per heavy atom. The number of methoxy groups -OCH3 is 1. The fourth-order valence-electron chi connectivity index (χ4n) is 5.44. The monoisotopic (exact) mass is 560 g/mol. The minimum absolute atomic E-state index is 0.186. The molecule has 0 amide bonds. The molecule has 1 aromatic heterocycles. The summed E-state index contributed by atoms with van der Waals surface area (Å²) in [5.74, 6) is 2.65. The van der Waals surface area contributed by atoms with Crippen molar-refractivity contribution in [2.24, 2.45) is 9.98 Å². The third-order valence-corrected chi connectivity index (χ3v) is 7.53. The summed E-state index contributed by atoms with van der Waals surface area (Å²) in [6.45, 7) is 2.00. The van der Waals surface area contributed by atoms with Crippen LogP contribution in [-0.4, -0.2) is 33.7 Å². The molecule has 9 heteroatoms. The second-order valence-corrected chi connectivity index (χ2v) is 10.2. The fourth-order valence-corrected chi connectivity index (χ4v) is 5.70. The van der Waals surface area contributed by atoms with Crippen molar-refractivity contribution in [1.29, 1.82) is 0 Å². The number of nitrogens with one attached hydrogen (secondary N) is 1.